The molecule has 1 aromatic heterocycles. The maximum Gasteiger partial charge on any atom is 0.250 e. The average Bonchev–Trinajstić information content (AvgIpc) is 3.04. The number of nitrogens with zero attached hydrogens (tertiary/aromatic N) is 3. The quantitative estimate of drug-likeness (QED) is 0.759. The predicted molar refractivity (Wildman–Crippen MR) is 93.2 cm³/mol. The Kier molecular flexibility index (Phi) is 6.23. The highest BCUT2D eigenvalue weighted by molar-refractivity contribution is 5.76. The molecule has 2 atom stereocenters. The van der Waals surface area contributed by atoms with Gasteiger partial charge in [0, 0.05) is 70.5 Å². The number of rotatable bonds is 6. The van der Waals surface area contributed by atoms with Crippen LogP contribution < -0.4 is 5.56 Å². The van der Waals surface area contributed by atoms with E-state index in [0.29, 0.717) is 32.0 Å². The monoisotopic (exact) mass is 349 g/mol. The molecule has 0 saturated carbocycles. The van der Waals surface area contributed by atoms with Crippen molar-refractivity contribution in [1.82, 2.24) is 14.4 Å². The van der Waals surface area contributed by atoms with E-state index in [-0.39, 0.29) is 24.0 Å². The molecule has 1 aromatic rings. The van der Waals surface area contributed by atoms with Gasteiger partial charge in [-0.2, -0.15) is 0 Å². The standard InChI is InChI=1S/C18H27N3O4/c22-14-16-13-21(12-15(16)11-19-7-9-25-10-8-19)18(24)4-6-20-5-2-1-3-17(20)23/h1-3,5,15-16,22H,4,6-14H2. The summed E-state index contributed by atoms with van der Waals surface area (Å²) >= 11 is 0. The third kappa shape index (κ3) is 4.68. The van der Waals surface area contributed by atoms with Crippen LogP contribution in [0.25, 0.3) is 0 Å². The van der Waals surface area contributed by atoms with E-state index in [2.05, 4.69) is 4.90 Å². The molecule has 0 radical (unpaired) electrons. The Morgan fingerprint density at radius 3 is 2.68 bits per heavy atom. The number of aliphatic hydroxyl groups excluding tert-OH is 1. The Morgan fingerprint density at radius 2 is 1.96 bits per heavy atom. The molecular weight excluding hydrogens is 322 g/mol. The summed E-state index contributed by atoms with van der Waals surface area (Å²) in [6.07, 6.45) is 2.02. The molecule has 3 rings (SSSR count). The molecule has 3 heterocycles. The van der Waals surface area contributed by atoms with Gasteiger partial charge in [0.1, 0.15) is 0 Å². The first-order chi connectivity index (χ1) is 12.2. The Bertz CT molecular complexity index is 627. The second-order valence-electron chi connectivity index (χ2n) is 6.90. The van der Waals surface area contributed by atoms with Crippen LogP contribution in [0.2, 0.25) is 0 Å². The summed E-state index contributed by atoms with van der Waals surface area (Å²) in [5.74, 6) is 0.483. The number of carbonyl (C=O) groups excluding carboxylic acids is 1. The topological polar surface area (TPSA) is 75.0 Å². The van der Waals surface area contributed by atoms with Crippen LogP contribution in [0.3, 0.4) is 0 Å². The van der Waals surface area contributed by atoms with Gasteiger partial charge in [-0.1, -0.05) is 6.07 Å². The van der Waals surface area contributed by atoms with E-state index >= 15 is 0 Å². The van der Waals surface area contributed by atoms with Crippen molar-refractivity contribution in [1.29, 1.82) is 0 Å². The van der Waals surface area contributed by atoms with Crippen molar-refractivity contribution < 1.29 is 14.6 Å². The lowest BCUT2D eigenvalue weighted by atomic mass is 9.96. The van der Waals surface area contributed by atoms with E-state index in [1.54, 1.807) is 22.9 Å². The molecule has 2 unspecified atom stereocenters. The molecule has 2 aliphatic heterocycles. The first kappa shape index (κ1) is 18.1. The maximum atomic E-state index is 12.5. The zero-order chi connectivity index (χ0) is 17.6. The SMILES string of the molecule is O=C(CCn1ccccc1=O)N1CC(CO)C(CN2CCOCC2)C1. The largest absolute Gasteiger partial charge is 0.396 e. The number of hydrogen-bond donors (Lipinski definition) is 1. The summed E-state index contributed by atoms with van der Waals surface area (Å²) in [4.78, 5) is 28.4. The predicted octanol–water partition coefficient (Wildman–Crippen LogP) is -0.362. The molecule has 25 heavy (non-hydrogen) atoms. The lowest BCUT2D eigenvalue weighted by Crippen LogP contribution is -2.41. The summed E-state index contributed by atoms with van der Waals surface area (Å²) in [5, 5.41) is 9.68. The molecule has 7 heteroatoms. The fourth-order valence-corrected chi connectivity index (χ4v) is 3.69. The summed E-state index contributed by atoms with van der Waals surface area (Å²) in [6.45, 7) is 6.04. The van der Waals surface area contributed by atoms with Crippen molar-refractivity contribution >= 4 is 5.91 Å². The summed E-state index contributed by atoms with van der Waals surface area (Å²) in [6, 6.07) is 4.99. The van der Waals surface area contributed by atoms with Crippen LogP contribution >= 0.6 is 0 Å². The van der Waals surface area contributed by atoms with Crippen molar-refractivity contribution in [3.8, 4) is 0 Å². The van der Waals surface area contributed by atoms with Crippen LogP contribution in [0.1, 0.15) is 6.42 Å². The molecule has 1 amide bonds. The van der Waals surface area contributed by atoms with Gasteiger partial charge in [-0.15, -0.1) is 0 Å². The molecule has 0 spiro atoms. The highest BCUT2D eigenvalue weighted by atomic mass is 16.5. The van der Waals surface area contributed by atoms with Crippen molar-refractivity contribution in [3.63, 3.8) is 0 Å². The number of aromatic nitrogens is 1. The number of likely N-dealkylation sites (tertiary alicyclic amines) is 1. The summed E-state index contributed by atoms with van der Waals surface area (Å²) < 4.78 is 6.94. The normalized spacial score (nSPS) is 24.6. The van der Waals surface area contributed by atoms with E-state index < -0.39 is 0 Å². The lowest BCUT2D eigenvalue weighted by Gasteiger charge is -2.30. The van der Waals surface area contributed by atoms with Crippen LogP contribution in [-0.2, 0) is 16.1 Å². The number of ether oxygens (including phenoxy) is 1. The van der Waals surface area contributed by atoms with Gasteiger partial charge < -0.3 is 19.3 Å². The Morgan fingerprint density at radius 1 is 1.20 bits per heavy atom. The van der Waals surface area contributed by atoms with Gasteiger partial charge in [-0.3, -0.25) is 14.5 Å². The van der Waals surface area contributed by atoms with Gasteiger partial charge in [-0.05, 0) is 12.0 Å². The number of carbonyl (C=O) groups is 1. The van der Waals surface area contributed by atoms with E-state index in [9.17, 15) is 14.7 Å². The van der Waals surface area contributed by atoms with E-state index in [1.165, 1.54) is 6.07 Å². The fraction of sp³-hybridized carbons (Fsp3) is 0.667. The van der Waals surface area contributed by atoms with Crippen molar-refractivity contribution in [2.75, 3.05) is 52.5 Å². The molecule has 138 valence electrons. The third-order valence-electron chi connectivity index (χ3n) is 5.23. The van der Waals surface area contributed by atoms with Crippen molar-refractivity contribution in [3.05, 3.63) is 34.7 Å². The molecular formula is C18H27N3O4. The Balaban J connectivity index is 1.52. The molecule has 1 N–H and O–H groups in total. The van der Waals surface area contributed by atoms with Gasteiger partial charge in [0.25, 0.3) is 5.56 Å². The fourth-order valence-electron chi connectivity index (χ4n) is 3.69. The summed E-state index contributed by atoms with van der Waals surface area (Å²) in [7, 11) is 0. The van der Waals surface area contributed by atoms with E-state index in [1.807, 2.05) is 4.90 Å². The average molecular weight is 349 g/mol. The molecule has 7 nitrogen and oxygen atoms in total. The number of amides is 1. The van der Waals surface area contributed by atoms with Gasteiger partial charge >= 0.3 is 0 Å². The smallest absolute Gasteiger partial charge is 0.250 e. The van der Waals surface area contributed by atoms with Gasteiger partial charge in [0.05, 0.1) is 13.2 Å². The summed E-state index contributed by atoms with van der Waals surface area (Å²) in [5.41, 5.74) is -0.0878. The van der Waals surface area contributed by atoms with Crippen LogP contribution in [0.4, 0.5) is 0 Å². The van der Waals surface area contributed by atoms with Gasteiger partial charge in [-0.25, -0.2) is 0 Å². The van der Waals surface area contributed by atoms with Crippen LogP contribution in [0.15, 0.2) is 29.2 Å². The molecule has 0 aromatic carbocycles. The van der Waals surface area contributed by atoms with Gasteiger partial charge in [0.15, 0.2) is 0 Å². The first-order valence-corrected chi connectivity index (χ1v) is 9.01. The first-order valence-electron chi connectivity index (χ1n) is 9.01. The third-order valence-corrected chi connectivity index (χ3v) is 5.23. The highest BCUT2D eigenvalue weighted by Crippen LogP contribution is 2.25. The zero-order valence-electron chi connectivity index (χ0n) is 14.5. The number of hydrogen-bond acceptors (Lipinski definition) is 5. The number of aryl methyl sites for hydroxylation is 1. The van der Waals surface area contributed by atoms with E-state index in [0.717, 1.165) is 32.8 Å². The Labute approximate surface area is 147 Å². The van der Waals surface area contributed by atoms with E-state index in [4.69, 9.17) is 4.74 Å². The van der Waals surface area contributed by atoms with Crippen molar-refractivity contribution in [2.45, 2.75) is 13.0 Å². The molecule has 0 bridgehead atoms. The highest BCUT2D eigenvalue weighted by Gasteiger charge is 2.35. The molecule has 0 aliphatic carbocycles. The minimum atomic E-state index is -0.0878. The minimum Gasteiger partial charge on any atom is -0.396 e. The second kappa shape index (κ2) is 8.60. The lowest BCUT2D eigenvalue weighted by molar-refractivity contribution is -0.130. The number of morpholine rings is 1. The van der Waals surface area contributed by atoms with Crippen molar-refractivity contribution in [2.24, 2.45) is 11.8 Å². The minimum absolute atomic E-state index is 0.0543. The van der Waals surface area contributed by atoms with Crippen LogP contribution in [0, 0.1) is 11.8 Å². The Hall–Kier alpha value is -1.70. The van der Waals surface area contributed by atoms with Crippen LogP contribution in [-0.4, -0.2) is 77.9 Å². The molecule has 2 saturated heterocycles. The maximum absolute atomic E-state index is 12.5. The second-order valence-corrected chi connectivity index (χ2v) is 6.90. The molecule has 2 fully saturated rings. The molecule has 2 aliphatic rings. The zero-order valence-corrected chi connectivity index (χ0v) is 14.5. The number of aliphatic hydroxyl groups is 1. The number of pyridine rings is 1. The van der Waals surface area contributed by atoms with Gasteiger partial charge in [0.2, 0.25) is 5.91 Å². The van der Waals surface area contributed by atoms with Crippen LogP contribution in [0.5, 0.6) is 0 Å².